The van der Waals surface area contributed by atoms with Crippen LogP contribution in [-0.2, 0) is 27.4 Å². The number of carbonyl (C=O) groups is 2. The molecule has 0 bridgehead atoms. The second kappa shape index (κ2) is 7.83. The van der Waals surface area contributed by atoms with Crippen molar-refractivity contribution in [2.24, 2.45) is 0 Å². The Morgan fingerprint density at radius 3 is 2.41 bits per heavy atom. The smallest absolute Gasteiger partial charge is 0.325 e. The standard InChI is InChI=1S/C17H17NO4/c19-16(20)10-14-8-4-5-9-15(14)18-11-17(21)22-12-13-6-2-1-3-7-13/h1-9,18H,10-12H2,(H,19,20). The summed E-state index contributed by atoms with van der Waals surface area (Å²) < 4.78 is 5.15. The fourth-order valence-corrected chi connectivity index (χ4v) is 1.97. The molecule has 0 fully saturated rings. The van der Waals surface area contributed by atoms with Crippen LogP contribution >= 0.6 is 0 Å². The normalized spacial score (nSPS) is 10.0. The summed E-state index contributed by atoms with van der Waals surface area (Å²) in [6.45, 7) is 0.210. The summed E-state index contributed by atoms with van der Waals surface area (Å²) in [5.41, 5.74) is 2.18. The van der Waals surface area contributed by atoms with Gasteiger partial charge in [-0.05, 0) is 17.2 Å². The Hall–Kier alpha value is -2.82. The first-order valence-electron chi connectivity index (χ1n) is 6.88. The van der Waals surface area contributed by atoms with E-state index in [-0.39, 0.29) is 19.6 Å². The van der Waals surface area contributed by atoms with Crippen molar-refractivity contribution in [1.82, 2.24) is 0 Å². The van der Waals surface area contributed by atoms with Crippen molar-refractivity contribution < 1.29 is 19.4 Å². The molecule has 5 heteroatoms. The Morgan fingerprint density at radius 2 is 1.68 bits per heavy atom. The molecule has 0 aliphatic carbocycles. The maximum atomic E-state index is 11.7. The summed E-state index contributed by atoms with van der Waals surface area (Å²) in [6, 6.07) is 16.4. The predicted octanol–water partition coefficient (Wildman–Crippen LogP) is 2.47. The van der Waals surface area contributed by atoms with Gasteiger partial charge in [-0.2, -0.15) is 0 Å². The highest BCUT2D eigenvalue weighted by Crippen LogP contribution is 2.15. The molecular weight excluding hydrogens is 282 g/mol. The molecule has 0 atom stereocenters. The zero-order chi connectivity index (χ0) is 15.8. The second-order valence-electron chi connectivity index (χ2n) is 4.73. The fourth-order valence-electron chi connectivity index (χ4n) is 1.97. The van der Waals surface area contributed by atoms with E-state index in [9.17, 15) is 9.59 Å². The van der Waals surface area contributed by atoms with Gasteiger partial charge in [-0.3, -0.25) is 9.59 Å². The largest absolute Gasteiger partial charge is 0.481 e. The Balaban J connectivity index is 1.85. The molecule has 0 aromatic heterocycles. The van der Waals surface area contributed by atoms with Crippen LogP contribution in [0, 0.1) is 0 Å². The summed E-state index contributed by atoms with van der Waals surface area (Å²) >= 11 is 0. The maximum Gasteiger partial charge on any atom is 0.325 e. The van der Waals surface area contributed by atoms with Crippen molar-refractivity contribution >= 4 is 17.6 Å². The van der Waals surface area contributed by atoms with Crippen LogP contribution in [0.4, 0.5) is 5.69 Å². The number of anilines is 1. The fraction of sp³-hybridized carbons (Fsp3) is 0.176. The number of ether oxygens (including phenoxy) is 1. The van der Waals surface area contributed by atoms with E-state index < -0.39 is 11.9 Å². The number of rotatable bonds is 7. The van der Waals surface area contributed by atoms with Gasteiger partial charge in [0.1, 0.15) is 13.2 Å². The van der Waals surface area contributed by atoms with E-state index in [4.69, 9.17) is 9.84 Å². The molecule has 2 rings (SSSR count). The molecule has 2 aromatic rings. The van der Waals surface area contributed by atoms with Crippen molar-refractivity contribution in [3.8, 4) is 0 Å². The first-order chi connectivity index (χ1) is 10.6. The first kappa shape index (κ1) is 15.6. The molecule has 0 unspecified atom stereocenters. The van der Waals surface area contributed by atoms with Gasteiger partial charge in [0.2, 0.25) is 0 Å². The monoisotopic (exact) mass is 299 g/mol. The predicted molar refractivity (Wildman–Crippen MR) is 82.5 cm³/mol. The summed E-state index contributed by atoms with van der Waals surface area (Å²) in [5, 5.41) is 11.8. The average Bonchev–Trinajstić information content (AvgIpc) is 2.52. The van der Waals surface area contributed by atoms with E-state index in [1.165, 1.54) is 0 Å². The zero-order valence-corrected chi connectivity index (χ0v) is 12.0. The number of hydrogen-bond donors (Lipinski definition) is 2. The highest BCUT2D eigenvalue weighted by molar-refractivity contribution is 5.77. The second-order valence-corrected chi connectivity index (χ2v) is 4.73. The molecule has 0 amide bonds. The lowest BCUT2D eigenvalue weighted by Gasteiger charge is -2.10. The van der Waals surface area contributed by atoms with Crippen LogP contribution in [0.1, 0.15) is 11.1 Å². The lowest BCUT2D eigenvalue weighted by molar-refractivity contribution is -0.142. The van der Waals surface area contributed by atoms with Crippen molar-refractivity contribution in [2.75, 3.05) is 11.9 Å². The summed E-state index contributed by atoms with van der Waals surface area (Å²) in [4.78, 5) is 22.5. The van der Waals surface area contributed by atoms with Crippen LogP contribution < -0.4 is 5.32 Å². The number of hydrogen-bond acceptors (Lipinski definition) is 4. The number of esters is 1. The molecule has 5 nitrogen and oxygen atoms in total. The van der Waals surface area contributed by atoms with E-state index >= 15 is 0 Å². The Labute approximate surface area is 128 Å². The van der Waals surface area contributed by atoms with Gasteiger partial charge < -0.3 is 15.2 Å². The molecule has 0 spiro atoms. The molecular formula is C17H17NO4. The molecule has 2 N–H and O–H groups in total. The number of carbonyl (C=O) groups excluding carboxylic acids is 1. The van der Waals surface area contributed by atoms with Crippen LogP contribution in [0.5, 0.6) is 0 Å². The third-order valence-electron chi connectivity index (χ3n) is 3.02. The number of nitrogens with one attached hydrogen (secondary N) is 1. The molecule has 2 aromatic carbocycles. The molecule has 0 aliphatic heterocycles. The number of benzene rings is 2. The minimum Gasteiger partial charge on any atom is -0.481 e. The minimum atomic E-state index is -0.916. The van der Waals surface area contributed by atoms with Crippen LogP contribution in [0.3, 0.4) is 0 Å². The SMILES string of the molecule is O=C(O)Cc1ccccc1NCC(=O)OCc1ccccc1. The van der Waals surface area contributed by atoms with Crippen molar-refractivity contribution in [3.05, 3.63) is 65.7 Å². The lowest BCUT2D eigenvalue weighted by atomic mass is 10.1. The Kier molecular flexibility index (Phi) is 5.54. The molecule has 0 radical (unpaired) electrons. The van der Waals surface area contributed by atoms with E-state index in [0.29, 0.717) is 11.3 Å². The maximum absolute atomic E-state index is 11.7. The quantitative estimate of drug-likeness (QED) is 0.768. The Morgan fingerprint density at radius 1 is 1.00 bits per heavy atom. The zero-order valence-electron chi connectivity index (χ0n) is 12.0. The van der Waals surface area contributed by atoms with E-state index in [1.807, 2.05) is 30.3 Å². The van der Waals surface area contributed by atoms with Crippen molar-refractivity contribution in [2.45, 2.75) is 13.0 Å². The van der Waals surface area contributed by atoms with Gasteiger partial charge in [-0.25, -0.2) is 0 Å². The van der Waals surface area contributed by atoms with Crippen LogP contribution in [0.15, 0.2) is 54.6 Å². The summed E-state index contributed by atoms with van der Waals surface area (Å²) in [5.74, 6) is -1.31. The van der Waals surface area contributed by atoms with Gasteiger partial charge in [0.25, 0.3) is 0 Å². The summed E-state index contributed by atoms with van der Waals surface area (Å²) in [7, 11) is 0. The van der Waals surface area contributed by atoms with Gasteiger partial charge in [0.05, 0.1) is 6.42 Å². The highest BCUT2D eigenvalue weighted by Gasteiger charge is 2.08. The van der Waals surface area contributed by atoms with Gasteiger partial charge >= 0.3 is 11.9 Å². The van der Waals surface area contributed by atoms with E-state index in [1.54, 1.807) is 24.3 Å². The van der Waals surface area contributed by atoms with Gasteiger partial charge in [0, 0.05) is 5.69 Å². The molecule has 0 saturated heterocycles. The van der Waals surface area contributed by atoms with Crippen LogP contribution in [0.2, 0.25) is 0 Å². The summed E-state index contributed by atoms with van der Waals surface area (Å²) in [6.07, 6.45) is -0.0950. The number of carboxylic acids is 1. The van der Waals surface area contributed by atoms with Crippen LogP contribution in [0.25, 0.3) is 0 Å². The molecule has 0 heterocycles. The molecule has 114 valence electrons. The number of para-hydroxylation sites is 1. The van der Waals surface area contributed by atoms with Crippen molar-refractivity contribution in [1.29, 1.82) is 0 Å². The van der Waals surface area contributed by atoms with E-state index in [2.05, 4.69) is 5.32 Å². The minimum absolute atomic E-state index is 0.0105. The van der Waals surface area contributed by atoms with Crippen LogP contribution in [-0.4, -0.2) is 23.6 Å². The third-order valence-corrected chi connectivity index (χ3v) is 3.02. The van der Waals surface area contributed by atoms with Gasteiger partial charge in [-0.15, -0.1) is 0 Å². The lowest BCUT2D eigenvalue weighted by Crippen LogP contribution is -2.18. The topological polar surface area (TPSA) is 75.6 Å². The highest BCUT2D eigenvalue weighted by atomic mass is 16.5. The average molecular weight is 299 g/mol. The van der Waals surface area contributed by atoms with Crippen molar-refractivity contribution in [3.63, 3.8) is 0 Å². The van der Waals surface area contributed by atoms with Gasteiger partial charge in [0.15, 0.2) is 0 Å². The first-order valence-corrected chi connectivity index (χ1v) is 6.88. The number of aliphatic carboxylic acids is 1. The molecule has 22 heavy (non-hydrogen) atoms. The Bertz CT molecular complexity index is 640. The van der Waals surface area contributed by atoms with E-state index in [0.717, 1.165) is 5.56 Å². The molecule has 0 aliphatic rings. The third kappa shape index (κ3) is 4.94. The number of carboxylic acid groups (broad SMARTS) is 1. The van der Waals surface area contributed by atoms with Gasteiger partial charge in [-0.1, -0.05) is 48.5 Å². The molecule has 0 saturated carbocycles.